The maximum Gasteiger partial charge on any atom is 0.191 e. The Hall–Kier alpha value is -1.63. The highest BCUT2D eigenvalue weighted by atomic mass is 16.5. The third kappa shape index (κ3) is 7.61. The van der Waals surface area contributed by atoms with E-state index >= 15 is 0 Å². The van der Waals surface area contributed by atoms with Gasteiger partial charge in [-0.25, -0.2) is 4.99 Å². The van der Waals surface area contributed by atoms with E-state index in [9.17, 15) is 0 Å². The van der Waals surface area contributed by atoms with Crippen molar-refractivity contribution in [3.63, 3.8) is 0 Å². The first-order valence-corrected chi connectivity index (χ1v) is 11.1. The van der Waals surface area contributed by atoms with Crippen LogP contribution < -0.4 is 10.6 Å². The first-order chi connectivity index (χ1) is 14.0. The van der Waals surface area contributed by atoms with Gasteiger partial charge in [0, 0.05) is 38.3 Å². The number of benzene rings is 1. The third-order valence-electron chi connectivity index (χ3n) is 5.71. The maximum atomic E-state index is 5.50. The molecule has 6 heteroatoms. The lowest BCUT2D eigenvalue weighted by atomic mass is 10.0. The molecule has 1 aliphatic rings. The van der Waals surface area contributed by atoms with E-state index in [-0.39, 0.29) is 5.54 Å². The zero-order valence-electron chi connectivity index (χ0n) is 19.1. The summed E-state index contributed by atoms with van der Waals surface area (Å²) in [5.74, 6) is 0.881. The largest absolute Gasteiger partial charge is 0.379 e. The van der Waals surface area contributed by atoms with E-state index in [2.05, 4.69) is 79.3 Å². The van der Waals surface area contributed by atoms with Gasteiger partial charge in [0.2, 0.25) is 0 Å². The van der Waals surface area contributed by atoms with Crippen LogP contribution in [-0.2, 0) is 17.8 Å². The maximum absolute atomic E-state index is 5.50. The molecule has 1 aromatic carbocycles. The lowest BCUT2D eigenvalue weighted by Gasteiger charge is -2.41. The minimum atomic E-state index is 0.0562. The number of guanidine groups is 1. The van der Waals surface area contributed by atoms with Crippen molar-refractivity contribution < 1.29 is 4.74 Å². The second-order valence-electron chi connectivity index (χ2n) is 8.19. The molecule has 0 atom stereocenters. The van der Waals surface area contributed by atoms with Crippen LogP contribution >= 0.6 is 0 Å². The highest BCUT2D eigenvalue weighted by molar-refractivity contribution is 5.79. The Morgan fingerprint density at radius 3 is 2.34 bits per heavy atom. The van der Waals surface area contributed by atoms with E-state index in [1.54, 1.807) is 0 Å². The fourth-order valence-electron chi connectivity index (χ4n) is 3.64. The van der Waals surface area contributed by atoms with Gasteiger partial charge in [-0.3, -0.25) is 9.80 Å². The van der Waals surface area contributed by atoms with Crippen LogP contribution in [0.4, 0.5) is 0 Å². The molecule has 0 unspecified atom stereocenters. The highest BCUT2D eigenvalue weighted by Crippen LogP contribution is 2.15. The van der Waals surface area contributed by atoms with E-state index in [1.807, 2.05) is 0 Å². The molecule has 0 aliphatic carbocycles. The van der Waals surface area contributed by atoms with Crippen molar-refractivity contribution in [2.45, 2.75) is 53.2 Å². The molecule has 2 N–H and O–H groups in total. The molecular formula is C23H41N5O. The Balaban J connectivity index is 2.01. The fourth-order valence-corrected chi connectivity index (χ4v) is 3.64. The van der Waals surface area contributed by atoms with Gasteiger partial charge in [0.25, 0.3) is 0 Å². The van der Waals surface area contributed by atoms with Gasteiger partial charge in [0.1, 0.15) is 0 Å². The second kappa shape index (κ2) is 12.2. The molecule has 0 amide bonds. The summed E-state index contributed by atoms with van der Waals surface area (Å²) >= 11 is 0. The molecule has 0 spiro atoms. The van der Waals surface area contributed by atoms with Gasteiger partial charge in [-0.1, -0.05) is 38.1 Å². The SMILES string of the molecule is CCNC(=NCc1ccccc1CN(CC)CC)NCC(C)(C)N1CCOCC1. The van der Waals surface area contributed by atoms with Gasteiger partial charge in [-0.15, -0.1) is 0 Å². The molecule has 1 saturated heterocycles. The zero-order valence-corrected chi connectivity index (χ0v) is 19.1. The smallest absolute Gasteiger partial charge is 0.191 e. The van der Waals surface area contributed by atoms with Crippen LogP contribution in [0.3, 0.4) is 0 Å². The molecule has 1 fully saturated rings. The normalized spacial score (nSPS) is 16.3. The lowest BCUT2D eigenvalue weighted by molar-refractivity contribution is -0.00834. The zero-order chi connectivity index (χ0) is 21.1. The van der Waals surface area contributed by atoms with E-state index in [4.69, 9.17) is 9.73 Å². The number of nitrogens with zero attached hydrogens (tertiary/aromatic N) is 3. The Morgan fingerprint density at radius 2 is 1.72 bits per heavy atom. The van der Waals surface area contributed by atoms with Gasteiger partial charge in [0.15, 0.2) is 5.96 Å². The number of hydrogen-bond donors (Lipinski definition) is 2. The first kappa shape index (κ1) is 23.6. The average molecular weight is 404 g/mol. The van der Waals surface area contributed by atoms with E-state index in [1.165, 1.54) is 11.1 Å². The van der Waals surface area contributed by atoms with Crippen molar-refractivity contribution >= 4 is 5.96 Å². The van der Waals surface area contributed by atoms with Gasteiger partial charge >= 0.3 is 0 Å². The summed E-state index contributed by atoms with van der Waals surface area (Å²) in [7, 11) is 0. The summed E-state index contributed by atoms with van der Waals surface area (Å²) in [5, 5.41) is 6.95. The Bertz CT molecular complexity index is 621. The summed E-state index contributed by atoms with van der Waals surface area (Å²) in [6.45, 7) is 20.2. The molecule has 6 nitrogen and oxygen atoms in total. The van der Waals surface area contributed by atoms with Crippen LogP contribution in [0.25, 0.3) is 0 Å². The molecule has 2 rings (SSSR count). The monoisotopic (exact) mass is 403 g/mol. The quantitative estimate of drug-likeness (QED) is 0.465. The number of aliphatic imine (C=N–C) groups is 1. The average Bonchev–Trinajstić information content (AvgIpc) is 2.75. The summed E-state index contributed by atoms with van der Waals surface area (Å²) in [6.07, 6.45) is 0. The minimum absolute atomic E-state index is 0.0562. The van der Waals surface area contributed by atoms with Crippen molar-refractivity contribution in [3.05, 3.63) is 35.4 Å². The van der Waals surface area contributed by atoms with Crippen LogP contribution in [0.2, 0.25) is 0 Å². The van der Waals surface area contributed by atoms with E-state index in [0.29, 0.717) is 6.54 Å². The van der Waals surface area contributed by atoms with Crippen LogP contribution in [0, 0.1) is 0 Å². The van der Waals surface area contributed by atoms with Gasteiger partial charge in [-0.05, 0) is 45.0 Å². The highest BCUT2D eigenvalue weighted by Gasteiger charge is 2.28. The van der Waals surface area contributed by atoms with Gasteiger partial charge in [0.05, 0.1) is 19.8 Å². The van der Waals surface area contributed by atoms with Crippen LogP contribution in [0.15, 0.2) is 29.3 Å². The summed E-state index contributed by atoms with van der Waals surface area (Å²) in [5.41, 5.74) is 2.72. The summed E-state index contributed by atoms with van der Waals surface area (Å²) in [6, 6.07) is 8.66. The van der Waals surface area contributed by atoms with E-state index < -0.39 is 0 Å². The molecule has 1 aromatic rings. The molecular weight excluding hydrogens is 362 g/mol. The molecule has 0 radical (unpaired) electrons. The predicted octanol–water partition coefficient (Wildman–Crippen LogP) is 2.69. The summed E-state index contributed by atoms with van der Waals surface area (Å²) < 4.78 is 5.50. The molecule has 1 aliphatic heterocycles. The standard InChI is InChI=1S/C23H41N5O/c1-6-24-22(26-19-23(4,5)28-13-15-29-16-14-28)25-17-20-11-9-10-12-21(20)18-27(7-2)8-3/h9-12H,6-8,13-19H2,1-5H3,(H2,24,25,26). The number of hydrogen-bond acceptors (Lipinski definition) is 4. The van der Waals surface area contributed by atoms with E-state index in [0.717, 1.165) is 65.0 Å². The van der Waals surface area contributed by atoms with Crippen molar-refractivity contribution in [3.8, 4) is 0 Å². The lowest BCUT2D eigenvalue weighted by Crippen LogP contribution is -2.56. The summed E-state index contributed by atoms with van der Waals surface area (Å²) in [4.78, 5) is 9.82. The molecule has 1 heterocycles. The van der Waals surface area contributed by atoms with Crippen molar-refractivity contribution in [1.29, 1.82) is 0 Å². The third-order valence-corrected chi connectivity index (χ3v) is 5.71. The minimum Gasteiger partial charge on any atom is -0.379 e. The van der Waals surface area contributed by atoms with Crippen molar-refractivity contribution in [2.24, 2.45) is 4.99 Å². The van der Waals surface area contributed by atoms with Crippen molar-refractivity contribution in [1.82, 2.24) is 20.4 Å². The molecule has 0 bridgehead atoms. The number of morpholine rings is 1. The van der Waals surface area contributed by atoms with Crippen molar-refractivity contribution in [2.75, 3.05) is 52.5 Å². The van der Waals surface area contributed by atoms with Gasteiger partial charge in [-0.2, -0.15) is 0 Å². The fraction of sp³-hybridized carbons (Fsp3) is 0.696. The van der Waals surface area contributed by atoms with Crippen LogP contribution in [0.1, 0.15) is 45.7 Å². The van der Waals surface area contributed by atoms with Crippen LogP contribution in [0.5, 0.6) is 0 Å². The Morgan fingerprint density at radius 1 is 1.07 bits per heavy atom. The molecule has 29 heavy (non-hydrogen) atoms. The molecule has 0 saturated carbocycles. The second-order valence-corrected chi connectivity index (χ2v) is 8.19. The number of ether oxygens (including phenoxy) is 1. The number of nitrogens with one attached hydrogen (secondary N) is 2. The Labute approximate surface area is 177 Å². The number of rotatable bonds is 10. The molecule has 0 aromatic heterocycles. The van der Waals surface area contributed by atoms with Crippen LogP contribution in [-0.4, -0.2) is 73.8 Å². The topological polar surface area (TPSA) is 52.1 Å². The van der Waals surface area contributed by atoms with Gasteiger partial charge < -0.3 is 15.4 Å². The first-order valence-electron chi connectivity index (χ1n) is 11.1. The molecule has 164 valence electrons. The predicted molar refractivity (Wildman–Crippen MR) is 122 cm³/mol. The Kier molecular flexibility index (Phi) is 9.91.